The number of aryl methyl sites for hydroxylation is 1. The number of fused-ring (bicyclic) bond motifs is 1. The van der Waals surface area contributed by atoms with Crippen LogP contribution in [0.3, 0.4) is 0 Å². The van der Waals surface area contributed by atoms with Gasteiger partial charge in [-0.2, -0.15) is 0 Å². The van der Waals surface area contributed by atoms with Crippen molar-refractivity contribution in [2.75, 3.05) is 19.7 Å². The molecule has 0 spiro atoms. The number of likely N-dealkylation sites (tertiary alicyclic amines) is 1. The van der Waals surface area contributed by atoms with Gasteiger partial charge in [-0.25, -0.2) is 0 Å². The second kappa shape index (κ2) is 7.73. The highest BCUT2D eigenvalue weighted by Crippen LogP contribution is 2.25. The summed E-state index contributed by atoms with van der Waals surface area (Å²) < 4.78 is 8.22. The highest BCUT2D eigenvalue weighted by Gasteiger charge is 2.21. The van der Waals surface area contributed by atoms with Gasteiger partial charge in [0.05, 0.1) is 6.61 Å². The van der Waals surface area contributed by atoms with E-state index in [-0.39, 0.29) is 0 Å². The summed E-state index contributed by atoms with van der Waals surface area (Å²) in [6.07, 6.45) is 4.75. The number of ether oxygens (including phenoxy) is 1. The first-order chi connectivity index (χ1) is 12.7. The van der Waals surface area contributed by atoms with E-state index >= 15 is 0 Å². The smallest absolute Gasteiger partial charge is 0.119 e. The third-order valence-electron chi connectivity index (χ3n) is 5.28. The van der Waals surface area contributed by atoms with E-state index in [2.05, 4.69) is 47.0 Å². The second-order valence-corrected chi connectivity index (χ2v) is 7.73. The van der Waals surface area contributed by atoms with Gasteiger partial charge in [0.1, 0.15) is 5.75 Å². The van der Waals surface area contributed by atoms with E-state index in [0.29, 0.717) is 5.92 Å². The Morgan fingerprint density at radius 2 is 1.92 bits per heavy atom. The normalized spacial score (nSPS) is 18.3. The first kappa shape index (κ1) is 17.4. The van der Waals surface area contributed by atoms with E-state index in [1.54, 1.807) is 0 Å². The summed E-state index contributed by atoms with van der Waals surface area (Å²) in [6, 6.07) is 16.3. The van der Waals surface area contributed by atoms with Crippen molar-refractivity contribution in [2.45, 2.75) is 19.4 Å². The lowest BCUT2D eigenvalue weighted by Crippen LogP contribution is -2.37. The van der Waals surface area contributed by atoms with E-state index in [9.17, 15) is 0 Å². The average Bonchev–Trinajstić information content (AvgIpc) is 2.98. The van der Waals surface area contributed by atoms with Crippen molar-refractivity contribution < 1.29 is 4.74 Å². The summed E-state index contributed by atoms with van der Waals surface area (Å²) >= 11 is 5.94. The maximum absolute atomic E-state index is 5.98. The van der Waals surface area contributed by atoms with Crippen LogP contribution in [0.25, 0.3) is 10.9 Å². The standard InChI is InChI=1S/C22H25ClN2O/c1-24-14-18(21-6-2-3-7-22(21)24)15-25-12-4-5-17(13-25)16-26-20-10-8-19(23)9-11-20/h2-3,6-11,14,17H,4-5,12-13,15-16H2,1H3. The number of hydrogen-bond acceptors (Lipinski definition) is 2. The quantitative estimate of drug-likeness (QED) is 0.621. The fourth-order valence-electron chi connectivity index (χ4n) is 3.97. The van der Waals surface area contributed by atoms with Gasteiger partial charge in [-0.3, -0.25) is 4.90 Å². The molecule has 1 aliphatic heterocycles. The van der Waals surface area contributed by atoms with Crippen LogP contribution in [-0.4, -0.2) is 29.2 Å². The largest absolute Gasteiger partial charge is 0.493 e. The lowest BCUT2D eigenvalue weighted by atomic mass is 9.98. The number of nitrogens with zero attached hydrogens (tertiary/aromatic N) is 2. The molecule has 0 saturated carbocycles. The summed E-state index contributed by atoms with van der Waals surface area (Å²) in [5.41, 5.74) is 2.73. The lowest BCUT2D eigenvalue weighted by molar-refractivity contribution is 0.125. The van der Waals surface area contributed by atoms with Crippen molar-refractivity contribution in [3.63, 3.8) is 0 Å². The summed E-state index contributed by atoms with van der Waals surface area (Å²) in [5.74, 6) is 1.48. The van der Waals surface area contributed by atoms with Crippen molar-refractivity contribution in [1.82, 2.24) is 9.47 Å². The van der Waals surface area contributed by atoms with E-state index in [1.165, 1.54) is 35.9 Å². The molecule has 0 amide bonds. The summed E-state index contributed by atoms with van der Waals surface area (Å²) in [6.45, 7) is 4.05. The van der Waals surface area contributed by atoms with Crippen molar-refractivity contribution in [1.29, 1.82) is 0 Å². The first-order valence-electron chi connectivity index (χ1n) is 9.33. The van der Waals surface area contributed by atoms with Crippen molar-refractivity contribution in [3.8, 4) is 5.75 Å². The van der Waals surface area contributed by atoms with Crippen LogP contribution in [0.4, 0.5) is 0 Å². The minimum atomic E-state index is 0.578. The van der Waals surface area contributed by atoms with Crippen LogP contribution in [0.5, 0.6) is 5.75 Å². The maximum Gasteiger partial charge on any atom is 0.119 e. The number of hydrogen-bond donors (Lipinski definition) is 0. The van der Waals surface area contributed by atoms with Crippen LogP contribution in [0.15, 0.2) is 54.7 Å². The van der Waals surface area contributed by atoms with Crippen LogP contribution in [0.1, 0.15) is 18.4 Å². The minimum absolute atomic E-state index is 0.578. The number of halogens is 1. The summed E-state index contributed by atoms with van der Waals surface area (Å²) in [4.78, 5) is 2.57. The molecule has 1 aromatic heterocycles. The molecule has 4 heteroatoms. The predicted octanol–water partition coefficient (Wildman–Crippen LogP) is 5.12. The molecule has 136 valence electrons. The molecule has 3 nitrogen and oxygen atoms in total. The van der Waals surface area contributed by atoms with Crippen molar-refractivity contribution >= 4 is 22.5 Å². The zero-order valence-corrected chi connectivity index (χ0v) is 16.0. The fraction of sp³-hybridized carbons (Fsp3) is 0.364. The van der Waals surface area contributed by atoms with Gasteiger partial charge >= 0.3 is 0 Å². The molecule has 1 atom stereocenters. The molecular weight excluding hydrogens is 344 g/mol. The Hall–Kier alpha value is -1.97. The summed E-state index contributed by atoms with van der Waals surface area (Å²) in [5, 5.41) is 2.12. The van der Waals surface area contributed by atoms with Crippen LogP contribution in [0, 0.1) is 5.92 Å². The molecule has 4 rings (SSSR count). The number of piperidine rings is 1. The van der Waals surface area contributed by atoms with E-state index in [0.717, 1.165) is 30.5 Å². The minimum Gasteiger partial charge on any atom is -0.493 e. The van der Waals surface area contributed by atoms with Gasteiger partial charge in [-0.15, -0.1) is 0 Å². The maximum atomic E-state index is 5.98. The Labute approximate surface area is 160 Å². The van der Waals surface area contributed by atoms with Gasteiger partial charge in [0.15, 0.2) is 0 Å². The Morgan fingerprint density at radius 1 is 1.12 bits per heavy atom. The zero-order valence-electron chi connectivity index (χ0n) is 15.2. The molecule has 2 heterocycles. The number of para-hydroxylation sites is 1. The van der Waals surface area contributed by atoms with Gasteiger partial charge in [-0.1, -0.05) is 29.8 Å². The Kier molecular flexibility index (Phi) is 5.18. The molecule has 0 bridgehead atoms. The topological polar surface area (TPSA) is 17.4 Å². The SMILES string of the molecule is Cn1cc(CN2CCCC(COc3ccc(Cl)cc3)C2)c2ccccc21. The van der Waals surface area contributed by atoms with Crippen LogP contribution >= 0.6 is 11.6 Å². The van der Waals surface area contributed by atoms with Gasteiger partial charge < -0.3 is 9.30 Å². The van der Waals surface area contributed by atoms with Crippen molar-refractivity contribution in [3.05, 3.63) is 65.3 Å². The van der Waals surface area contributed by atoms with Crippen LogP contribution < -0.4 is 4.74 Å². The third kappa shape index (κ3) is 3.89. The highest BCUT2D eigenvalue weighted by molar-refractivity contribution is 6.30. The Morgan fingerprint density at radius 3 is 2.77 bits per heavy atom. The van der Waals surface area contributed by atoms with E-state index in [4.69, 9.17) is 16.3 Å². The van der Waals surface area contributed by atoms with Gasteiger partial charge in [0.25, 0.3) is 0 Å². The van der Waals surface area contributed by atoms with Crippen LogP contribution in [0.2, 0.25) is 5.02 Å². The zero-order chi connectivity index (χ0) is 17.9. The number of aromatic nitrogens is 1. The second-order valence-electron chi connectivity index (χ2n) is 7.29. The molecule has 3 aromatic rings. The molecule has 0 radical (unpaired) electrons. The molecule has 0 N–H and O–H groups in total. The predicted molar refractivity (Wildman–Crippen MR) is 108 cm³/mol. The molecule has 1 fully saturated rings. The number of rotatable bonds is 5. The van der Waals surface area contributed by atoms with Gasteiger partial charge in [0, 0.05) is 48.2 Å². The highest BCUT2D eigenvalue weighted by atomic mass is 35.5. The lowest BCUT2D eigenvalue weighted by Gasteiger charge is -2.32. The Bertz CT molecular complexity index is 871. The fourth-order valence-corrected chi connectivity index (χ4v) is 4.09. The van der Waals surface area contributed by atoms with Crippen molar-refractivity contribution in [2.24, 2.45) is 13.0 Å². The molecule has 26 heavy (non-hydrogen) atoms. The summed E-state index contributed by atoms with van der Waals surface area (Å²) in [7, 11) is 2.13. The molecule has 1 saturated heterocycles. The average molecular weight is 369 g/mol. The third-order valence-corrected chi connectivity index (χ3v) is 5.53. The Balaban J connectivity index is 1.38. The van der Waals surface area contributed by atoms with E-state index in [1.807, 2.05) is 24.3 Å². The molecular formula is C22H25ClN2O. The van der Waals surface area contributed by atoms with E-state index < -0.39 is 0 Å². The molecule has 1 unspecified atom stereocenters. The number of benzene rings is 2. The molecule has 1 aliphatic rings. The van der Waals surface area contributed by atoms with Gasteiger partial charge in [-0.05, 0) is 55.3 Å². The van der Waals surface area contributed by atoms with Crippen LogP contribution in [-0.2, 0) is 13.6 Å². The first-order valence-corrected chi connectivity index (χ1v) is 9.70. The molecule has 2 aromatic carbocycles. The monoisotopic (exact) mass is 368 g/mol. The molecule has 0 aliphatic carbocycles. The van der Waals surface area contributed by atoms with Gasteiger partial charge in [0.2, 0.25) is 0 Å².